The largest absolute Gasteiger partial charge is 0.461 e. The minimum absolute atomic E-state index is 0.000896. The van der Waals surface area contributed by atoms with Gasteiger partial charge in [0.2, 0.25) is 17.7 Å². The molecule has 0 aliphatic carbocycles. The normalized spacial score (nSPS) is 12.3. The number of primary amides is 1. The van der Waals surface area contributed by atoms with E-state index in [2.05, 4.69) is 10.6 Å². The van der Waals surface area contributed by atoms with Crippen LogP contribution in [0, 0.1) is 5.82 Å². The molecule has 164 valence electrons. The number of halogens is 1. The van der Waals surface area contributed by atoms with Crippen molar-refractivity contribution in [1.82, 2.24) is 10.6 Å². The number of esters is 1. The molecule has 0 aliphatic heterocycles. The van der Waals surface area contributed by atoms with Crippen molar-refractivity contribution in [2.45, 2.75) is 38.5 Å². The van der Waals surface area contributed by atoms with E-state index in [-0.39, 0.29) is 18.6 Å². The third-order valence-corrected chi connectivity index (χ3v) is 4.35. The van der Waals surface area contributed by atoms with Gasteiger partial charge in [-0.3, -0.25) is 19.2 Å². The van der Waals surface area contributed by atoms with E-state index in [4.69, 9.17) is 10.5 Å². The molecule has 8 nitrogen and oxygen atoms in total. The van der Waals surface area contributed by atoms with Gasteiger partial charge in [-0.15, -0.1) is 0 Å². The first-order valence-electron chi connectivity index (χ1n) is 9.56. The van der Waals surface area contributed by atoms with Crippen LogP contribution in [0.1, 0.15) is 24.5 Å². The third-order valence-electron chi connectivity index (χ3n) is 4.35. The summed E-state index contributed by atoms with van der Waals surface area (Å²) in [7, 11) is 0. The third kappa shape index (κ3) is 7.88. The number of hydrogen-bond donors (Lipinski definition) is 3. The van der Waals surface area contributed by atoms with E-state index in [9.17, 15) is 23.6 Å². The summed E-state index contributed by atoms with van der Waals surface area (Å²) in [6.45, 7) is 1.20. The zero-order valence-corrected chi connectivity index (χ0v) is 17.0. The van der Waals surface area contributed by atoms with Crippen LogP contribution in [0.3, 0.4) is 0 Å². The highest BCUT2D eigenvalue weighted by Crippen LogP contribution is 2.10. The van der Waals surface area contributed by atoms with Crippen molar-refractivity contribution in [3.8, 4) is 0 Å². The maximum atomic E-state index is 14.0. The summed E-state index contributed by atoms with van der Waals surface area (Å²) in [6.07, 6.45) is -0.636. The van der Waals surface area contributed by atoms with Crippen LogP contribution < -0.4 is 16.4 Å². The van der Waals surface area contributed by atoms with Gasteiger partial charge in [0, 0.05) is 13.3 Å². The molecular weight excluding hydrogens is 405 g/mol. The molecule has 0 aliphatic rings. The number of ether oxygens (including phenoxy) is 1. The first-order valence-corrected chi connectivity index (χ1v) is 9.56. The van der Waals surface area contributed by atoms with E-state index in [1.807, 2.05) is 6.07 Å². The fourth-order valence-corrected chi connectivity index (χ4v) is 2.80. The Morgan fingerprint density at radius 1 is 0.968 bits per heavy atom. The average Bonchev–Trinajstić information content (AvgIpc) is 2.73. The van der Waals surface area contributed by atoms with Crippen molar-refractivity contribution in [1.29, 1.82) is 0 Å². The summed E-state index contributed by atoms with van der Waals surface area (Å²) >= 11 is 0. The Hall–Kier alpha value is -3.75. The highest BCUT2D eigenvalue weighted by molar-refractivity contribution is 5.93. The van der Waals surface area contributed by atoms with Gasteiger partial charge in [0.15, 0.2) is 0 Å². The second-order valence-corrected chi connectivity index (χ2v) is 6.86. The Kier molecular flexibility index (Phi) is 8.68. The minimum atomic E-state index is -1.35. The van der Waals surface area contributed by atoms with Gasteiger partial charge in [-0.2, -0.15) is 0 Å². The summed E-state index contributed by atoms with van der Waals surface area (Å²) in [5, 5.41) is 4.75. The van der Waals surface area contributed by atoms with Crippen molar-refractivity contribution < 1.29 is 28.3 Å². The molecule has 31 heavy (non-hydrogen) atoms. The standard InChI is InChI=1S/C22H24FN3O5/c1-14(27)25-19(11-16-9-5-6-10-17(16)23)22(30)26-18(21(24)29)12-20(28)31-13-15-7-3-2-4-8-15/h2-10,18-19H,11-13H2,1H3,(H2,24,29)(H,25,27)(H,26,30)/t18-,19+/m1/s1. The minimum Gasteiger partial charge on any atom is -0.461 e. The van der Waals surface area contributed by atoms with E-state index < -0.39 is 48.0 Å². The van der Waals surface area contributed by atoms with Gasteiger partial charge < -0.3 is 21.1 Å². The summed E-state index contributed by atoms with van der Waals surface area (Å²) in [5.74, 6) is -3.52. The molecule has 0 radical (unpaired) electrons. The van der Waals surface area contributed by atoms with Crippen LogP contribution in [0.4, 0.5) is 4.39 Å². The second-order valence-electron chi connectivity index (χ2n) is 6.86. The number of nitrogens with two attached hydrogens (primary N) is 1. The summed E-state index contributed by atoms with van der Waals surface area (Å²) in [5.41, 5.74) is 6.27. The maximum Gasteiger partial charge on any atom is 0.308 e. The van der Waals surface area contributed by atoms with Crippen LogP contribution in [0.2, 0.25) is 0 Å². The number of nitrogens with one attached hydrogen (secondary N) is 2. The molecule has 2 aromatic rings. The lowest BCUT2D eigenvalue weighted by molar-refractivity contribution is -0.147. The van der Waals surface area contributed by atoms with Gasteiger partial charge in [0.1, 0.15) is 24.5 Å². The predicted octanol–water partition coefficient (Wildman–Crippen LogP) is 0.976. The number of carbonyl (C=O) groups excluding carboxylic acids is 4. The Bertz CT molecular complexity index is 936. The molecule has 0 bridgehead atoms. The fourth-order valence-electron chi connectivity index (χ4n) is 2.80. The van der Waals surface area contributed by atoms with Gasteiger partial charge in [-0.05, 0) is 17.2 Å². The second kappa shape index (κ2) is 11.4. The van der Waals surface area contributed by atoms with Gasteiger partial charge in [-0.25, -0.2) is 4.39 Å². The van der Waals surface area contributed by atoms with Crippen LogP contribution in [-0.4, -0.2) is 35.8 Å². The Morgan fingerprint density at radius 3 is 2.23 bits per heavy atom. The Morgan fingerprint density at radius 2 is 1.61 bits per heavy atom. The quantitative estimate of drug-likeness (QED) is 0.485. The lowest BCUT2D eigenvalue weighted by Crippen LogP contribution is -2.54. The lowest BCUT2D eigenvalue weighted by Gasteiger charge is -2.21. The lowest BCUT2D eigenvalue weighted by atomic mass is 10.0. The zero-order chi connectivity index (χ0) is 22.8. The SMILES string of the molecule is CC(=O)N[C@@H](Cc1ccccc1F)C(=O)N[C@H](CC(=O)OCc1ccccc1)C(N)=O. The predicted molar refractivity (Wildman–Crippen MR) is 110 cm³/mol. The van der Waals surface area contributed by atoms with Crippen LogP contribution in [0.15, 0.2) is 54.6 Å². The van der Waals surface area contributed by atoms with Crippen LogP contribution in [0.25, 0.3) is 0 Å². The molecule has 9 heteroatoms. The molecule has 0 spiro atoms. The number of carbonyl (C=O) groups is 4. The topological polar surface area (TPSA) is 128 Å². The molecule has 0 unspecified atom stereocenters. The fraction of sp³-hybridized carbons (Fsp3) is 0.273. The highest BCUT2D eigenvalue weighted by Gasteiger charge is 2.28. The van der Waals surface area contributed by atoms with Gasteiger partial charge in [0.25, 0.3) is 0 Å². The van der Waals surface area contributed by atoms with E-state index in [0.29, 0.717) is 0 Å². The highest BCUT2D eigenvalue weighted by atomic mass is 19.1. The van der Waals surface area contributed by atoms with Crippen molar-refractivity contribution in [2.75, 3.05) is 0 Å². The Balaban J connectivity index is 2.01. The van der Waals surface area contributed by atoms with E-state index in [1.54, 1.807) is 30.3 Å². The molecule has 0 fully saturated rings. The number of amides is 3. The molecule has 2 aromatic carbocycles. The number of hydrogen-bond acceptors (Lipinski definition) is 5. The zero-order valence-electron chi connectivity index (χ0n) is 17.0. The first-order chi connectivity index (χ1) is 14.8. The van der Waals surface area contributed by atoms with Crippen molar-refractivity contribution in [3.05, 3.63) is 71.5 Å². The van der Waals surface area contributed by atoms with E-state index in [1.165, 1.54) is 25.1 Å². The smallest absolute Gasteiger partial charge is 0.308 e. The molecule has 0 saturated heterocycles. The summed E-state index contributed by atoms with van der Waals surface area (Å²) in [4.78, 5) is 48.0. The average molecular weight is 429 g/mol. The van der Waals surface area contributed by atoms with Crippen molar-refractivity contribution in [2.24, 2.45) is 5.73 Å². The van der Waals surface area contributed by atoms with Gasteiger partial charge >= 0.3 is 5.97 Å². The van der Waals surface area contributed by atoms with Crippen molar-refractivity contribution in [3.63, 3.8) is 0 Å². The van der Waals surface area contributed by atoms with Gasteiger partial charge in [0.05, 0.1) is 6.42 Å². The van der Waals surface area contributed by atoms with Crippen LogP contribution in [-0.2, 0) is 36.9 Å². The number of benzene rings is 2. The molecule has 4 N–H and O–H groups in total. The molecule has 0 aromatic heterocycles. The Labute approximate surface area is 179 Å². The molecule has 0 heterocycles. The molecule has 2 rings (SSSR count). The van der Waals surface area contributed by atoms with Crippen LogP contribution >= 0.6 is 0 Å². The van der Waals surface area contributed by atoms with Crippen LogP contribution in [0.5, 0.6) is 0 Å². The summed E-state index contributed by atoms with van der Waals surface area (Å²) in [6, 6.07) is 12.2. The first kappa shape index (κ1) is 23.5. The van der Waals surface area contributed by atoms with Crippen molar-refractivity contribution >= 4 is 23.7 Å². The molecule has 0 saturated carbocycles. The monoisotopic (exact) mass is 429 g/mol. The molecule has 2 atom stereocenters. The van der Waals surface area contributed by atoms with E-state index in [0.717, 1.165) is 5.56 Å². The molecule has 3 amide bonds. The van der Waals surface area contributed by atoms with E-state index >= 15 is 0 Å². The van der Waals surface area contributed by atoms with Gasteiger partial charge in [-0.1, -0.05) is 48.5 Å². The summed E-state index contributed by atoms with van der Waals surface area (Å²) < 4.78 is 19.1. The number of rotatable bonds is 10. The maximum absolute atomic E-state index is 14.0. The molecular formula is C22H24FN3O5.